The van der Waals surface area contributed by atoms with Crippen molar-refractivity contribution in [3.05, 3.63) is 24.3 Å². The van der Waals surface area contributed by atoms with Crippen LogP contribution in [0.5, 0.6) is 5.75 Å². The molecule has 0 bridgehead atoms. The second-order valence-corrected chi connectivity index (χ2v) is 4.95. The third kappa shape index (κ3) is 4.15. The van der Waals surface area contributed by atoms with Crippen molar-refractivity contribution < 1.29 is 14.7 Å². The van der Waals surface area contributed by atoms with Gasteiger partial charge in [0.05, 0.1) is 0 Å². The molecule has 6 heteroatoms. The molecule has 108 valence electrons. The summed E-state index contributed by atoms with van der Waals surface area (Å²) in [7, 11) is 0. The molecule has 0 heterocycles. The standard InChI is InChI=1S/C14H19N3O3/c15-13(17-19)9-20-12-6-4-11(5-7-12)16-14(18)8-10-2-1-3-10/h4-7,10,19H,1-3,8-9H2,(H2,15,17)(H,16,18). The molecule has 0 unspecified atom stereocenters. The van der Waals surface area contributed by atoms with Gasteiger partial charge in [0, 0.05) is 12.1 Å². The molecule has 1 saturated carbocycles. The van der Waals surface area contributed by atoms with Crippen LogP contribution in [0.2, 0.25) is 0 Å². The molecule has 1 aliphatic rings. The maximum Gasteiger partial charge on any atom is 0.224 e. The number of nitrogens with two attached hydrogens (primary N) is 1. The number of amidine groups is 1. The van der Waals surface area contributed by atoms with Gasteiger partial charge in [0.25, 0.3) is 0 Å². The number of carbonyl (C=O) groups excluding carboxylic acids is 1. The Bertz CT molecular complexity index is 481. The molecule has 0 radical (unpaired) electrons. The first-order valence-corrected chi connectivity index (χ1v) is 6.66. The lowest BCUT2D eigenvalue weighted by molar-refractivity contribution is -0.117. The van der Waals surface area contributed by atoms with Crippen LogP contribution in [0.4, 0.5) is 5.69 Å². The summed E-state index contributed by atoms with van der Waals surface area (Å²) in [6.45, 7) is 0.0177. The van der Waals surface area contributed by atoms with Crippen LogP contribution in [0.15, 0.2) is 29.4 Å². The van der Waals surface area contributed by atoms with Crippen LogP contribution in [-0.4, -0.2) is 23.6 Å². The largest absolute Gasteiger partial charge is 0.486 e. The zero-order chi connectivity index (χ0) is 14.4. The molecule has 6 nitrogen and oxygen atoms in total. The zero-order valence-corrected chi connectivity index (χ0v) is 11.2. The van der Waals surface area contributed by atoms with Crippen molar-refractivity contribution in [2.24, 2.45) is 16.8 Å². The van der Waals surface area contributed by atoms with E-state index in [1.165, 1.54) is 6.42 Å². The number of ether oxygens (including phenoxy) is 1. The third-order valence-corrected chi connectivity index (χ3v) is 3.35. The normalized spacial score (nSPS) is 15.5. The average Bonchev–Trinajstić information content (AvgIpc) is 2.42. The maximum absolute atomic E-state index is 11.8. The number of amides is 1. The van der Waals surface area contributed by atoms with Gasteiger partial charge in [-0.15, -0.1) is 0 Å². The predicted molar refractivity (Wildman–Crippen MR) is 75.9 cm³/mol. The van der Waals surface area contributed by atoms with Gasteiger partial charge in [0.15, 0.2) is 5.84 Å². The fourth-order valence-electron chi connectivity index (χ4n) is 1.99. The van der Waals surface area contributed by atoms with E-state index in [1.54, 1.807) is 24.3 Å². The molecule has 0 spiro atoms. The molecule has 0 aromatic heterocycles. The fraction of sp³-hybridized carbons (Fsp3) is 0.429. The summed E-state index contributed by atoms with van der Waals surface area (Å²) < 4.78 is 5.28. The van der Waals surface area contributed by atoms with Crippen molar-refractivity contribution in [3.8, 4) is 5.75 Å². The average molecular weight is 277 g/mol. The summed E-state index contributed by atoms with van der Waals surface area (Å²) in [4.78, 5) is 11.8. The van der Waals surface area contributed by atoms with Gasteiger partial charge in [-0.3, -0.25) is 4.79 Å². The van der Waals surface area contributed by atoms with Gasteiger partial charge in [-0.05, 0) is 43.0 Å². The van der Waals surface area contributed by atoms with E-state index in [-0.39, 0.29) is 18.3 Å². The quantitative estimate of drug-likeness (QED) is 0.320. The number of benzene rings is 1. The van der Waals surface area contributed by atoms with Crippen molar-refractivity contribution >= 4 is 17.4 Å². The molecular weight excluding hydrogens is 258 g/mol. The first-order valence-electron chi connectivity index (χ1n) is 6.66. The first-order chi connectivity index (χ1) is 9.67. The highest BCUT2D eigenvalue weighted by atomic mass is 16.5. The maximum atomic E-state index is 11.8. The Hall–Kier alpha value is -2.24. The number of carbonyl (C=O) groups is 1. The van der Waals surface area contributed by atoms with E-state index in [4.69, 9.17) is 15.7 Å². The molecule has 1 fully saturated rings. The highest BCUT2D eigenvalue weighted by Gasteiger charge is 2.20. The van der Waals surface area contributed by atoms with Crippen molar-refractivity contribution in [3.63, 3.8) is 0 Å². The van der Waals surface area contributed by atoms with Crippen LogP contribution in [-0.2, 0) is 4.79 Å². The van der Waals surface area contributed by atoms with E-state index < -0.39 is 0 Å². The molecule has 4 N–H and O–H groups in total. The molecule has 0 saturated heterocycles. The van der Waals surface area contributed by atoms with Gasteiger partial charge in [-0.25, -0.2) is 0 Å². The van der Waals surface area contributed by atoms with E-state index in [0.29, 0.717) is 18.1 Å². The Morgan fingerprint density at radius 1 is 1.40 bits per heavy atom. The number of nitrogens with zero attached hydrogens (tertiary/aromatic N) is 1. The monoisotopic (exact) mass is 277 g/mol. The number of hydrogen-bond acceptors (Lipinski definition) is 4. The minimum atomic E-state index is 0.00266. The SMILES string of the molecule is N/C(COc1ccc(NC(=O)CC2CCC2)cc1)=N/O. The minimum Gasteiger partial charge on any atom is -0.486 e. The summed E-state index contributed by atoms with van der Waals surface area (Å²) in [5, 5.41) is 14.1. The lowest BCUT2D eigenvalue weighted by Gasteiger charge is -2.24. The third-order valence-electron chi connectivity index (χ3n) is 3.35. The van der Waals surface area contributed by atoms with Gasteiger partial charge in [0.1, 0.15) is 12.4 Å². The fourth-order valence-corrected chi connectivity index (χ4v) is 1.99. The van der Waals surface area contributed by atoms with E-state index in [1.807, 2.05) is 0 Å². The Kier molecular flexibility index (Phi) is 4.81. The summed E-state index contributed by atoms with van der Waals surface area (Å²) in [5.74, 6) is 1.20. The molecule has 1 amide bonds. The number of anilines is 1. The van der Waals surface area contributed by atoms with Gasteiger partial charge >= 0.3 is 0 Å². The minimum absolute atomic E-state index is 0.00266. The molecule has 2 rings (SSSR count). The number of rotatable bonds is 6. The van der Waals surface area contributed by atoms with Gasteiger partial charge in [0.2, 0.25) is 5.91 Å². The summed E-state index contributed by atoms with van der Waals surface area (Å²) in [6, 6.07) is 6.98. The number of hydrogen-bond donors (Lipinski definition) is 3. The molecule has 1 aromatic rings. The molecule has 1 aliphatic carbocycles. The molecule has 0 aliphatic heterocycles. The van der Waals surface area contributed by atoms with Crippen LogP contribution in [0.3, 0.4) is 0 Å². The topological polar surface area (TPSA) is 96.9 Å². The van der Waals surface area contributed by atoms with E-state index in [2.05, 4.69) is 10.5 Å². The molecule has 20 heavy (non-hydrogen) atoms. The predicted octanol–water partition coefficient (Wildman–Crippen LogP) is 1.94. The van der Waals surface area contributed by atoms with Gasteiger partial charge in [-0.1, -0.05) is 11.6 Å². The van der Waals surface area contributed by atoms with Crippen LogP contribution < -0.4 is 15.8 Å². The Morgan fingerprint density at radius 3 is 2.65 bits per heavy atom. The summed E-state index contributed by atoms with van der Waals surface area (Å²) in [5.41, 5.74) is 6.04. The highest BCUT2D eigenvalue weighted by Crippen LogP contribution is 2.29. The molecule has 1 aromatic carbocycles. The smallest absolute Gasteiger partial charge is 0.224 e. The number of oxime groups is 1. The van der Waals surface area contributed by atoms with Crippen LogP contribution in [0.25, 0.3) is 0 Å². The lowest BCUT2D eigenvalue weighted by atomic mass is 9.83. The van der Waals surface area contributed by atoms with Crippen molar-refractivity contribution in [2.75, 3.05) is 11.9 Å². The Balaban J connectivity index is 1.79. The van der Waals surface area contributed by atoms with Gasteiger partial charge < -0.3 is 21.0 Å². The first kappa shape index (κ1) is 14.2. The van der Waals surface area contributed by atoms with E-state index in [0.717, 1.165) is 18.5 Å². The number of nitrogens with one attached hydrogen (secondary N) is 1. The van der Waals surface area contributed by atoms with Gasteiger partial charge in [-0.2, -0.15) is 0 Å². The molecule has 0 atom stereocenters. The van der Waals surface area contributed by atoms with Crippen LogP contribution in [0, 0.1) is 5.92 Å². The van der Waals surface area contributed by atoms with Crippen molar-refractivity contribution in [2.45, 2.75) is 25.7 Å². The zero-order valence-electron chi connectivity index (χ0n) is 11.2. The van der Waals surface area contributed by atoms with Crippen LogP contribution >= 0.6 is 0 Å². The lowest BCUT2D eigenvalue weighted by Crippen LogP contribution is -2.21. The second kappa shape index (κ2) is 6.79. The van der Waals surface area contributed by atoms with E-state index in [9.17, 15) is 4.79 Å². The highest BCUT2D eigenvalue weighted by molar-refractivity contribution is 5.90. The van der Waals surface area contributed by atoms with Crippen molar-refractivity contribution in [1.82, 2.24) is 0 Å². The van der Waals surface area contributed by atoms with E-state index >= 15 is 0 Å². The second-order valence-electron chi connectivity index (χ2n) is 4.95. The molecular formula is C14H19N3O3. The Morgan fingerprint density at radius 2 is 2.10 bits per heavy atom. The Labute approximate surface area is 117 Å². The van der Waals surface area contributed by atoms with Crippen LogP contribution in [0.1, 0.15) is 25.7 Å². The summed E-state index contributed by atoms with van der Waals surface area (Å²) >= 11 is 0. The van der Waals surface area contributed by atoms with Crippen molar-refractivity contribution in [1.29, 1.82) is 0 Å². The summed E-state index contributed by atoms with van der Waals surface area (Å²) in [6.07, 6.45) is 4.16.